The van der Waals surface area contributed by atoms with Gasteiger partial charge in [0.15, 0.2) is 12.4 Å². The number of sulfonamides is 1. The second-order valence-electron chi connectivity index (χ2n) is 8.70. The van der Waals surface area contributed by atoms with Gasteiger partial charge in [-0.05, 0) is 59.4 Å². The van der Waals surface area contributed by atoms with Gasteiger partial charge >= 0.3 is 5.97 Å². The number of hydrogen-bond acceptors (Lipinski definition) is 6. The first-order valence-electron chi connectivity index (χ1n) is 11.4. The standard InChI is InChI=1S/C27H25NO6S/c1-18-6-7-22(16-26(18)35(31,32)28-10-12-33-13-11-28)27(30)34-17-25(29)21-9-8-20-14-19-4-2-3-5-23(19)24(20)15-21/h2-9,15-16H,10-14,17H2,1H3. The summed E-state index contributed by atoms with van der Waals surface area (Å²) < 4.78 is 38.0. The zero-order valence-corrected chi connectivity index (χ0v) is 20.1. The van der Waals surface area contributed by atoms with E-state index in [1.54, 1.807) is 19.1 Å². The van der Waals surface area contributed by atoms with Crippen molar-refractivity contribution in [2.24, 2.45) is 0 Å². The Morgan fingerprint density at radius 2 is 1.63 bits per heavy atom. The summed E-state index contributed by atoms with van der Waals surface area (Å²) in [7, 11) is -3.77. The Hall–Kier alpha value is -3.33. The first-order chi connectivity index (χ1) is 16.8. The minimum atomic E-state index is -3.77. The van der Waals surface area contributed by atoms with Crippen LogP contribution in [0.4, 0.5) is 0 Å². The van der Waals surface area contributed by atoms with Crippen molar-refractivity contribution in [3.63, 3.8) is 0 Å². The van der Waals surface area contributed by atoms with Crippen LogP contribution in [0.2, 0.25) is 0 Å². The van der Waals surface area contributed by atoms with E-state index in [-0.39, 0.29) is 29.3 Å². The van der Waals surface area contributed by atoms with Crippen LogP contribution in [0.3, 0.4) is 0 Å². The molecule has 3 aromatic rings. The number of ether oxygens (including phenoxy) is 2. The second kappa shape index (κ2) is 9.37. The average molecular weight is 492 g/mol. The molecule has 0 atom stereocenters. The number of fused-ring (bicyclic) bond motifs is 3. The number of morpholine rings is 1. The van der Waals surface area contributed by atoms with Gasteiger partial charge in [0.1, 0.15) is 0 Å². The topological polar surface area (TPSA) is 90.0 Å². The third-order valence-corrected chi connectivity index (χ3v) is 8.51. The van der Waals surface area contributed by atoms with E-state index in [0.29, 0.717) is 24.3 Å². The largest absolute Gasteiger partial charge is 0.454 e. The normalized spacial score (nSPS) is 15.3. The third kappa shape index (κ3) is 4.52. The van der Waals surface area contributed by atoms with Crippen molar-refractivity contribution in [3.05, 3.63) is 88.5 Å². The number of ketones is 1. The molecular weight excluding hydrogens is 466 g/mol. The molecule has 180 valence electrons. The molecule has 7 nitrogen and oxygen atoms in total. The molecule has 0 radical (unpaired) electrons. The summed E-state index contributed by atoms with van der Waals surface area (Å²) in [5.74, 6) is -1.07. The molecule has 1 aliphatic carbocycles. The molecule has 0 N–H and O–H groups in total. The van der Waals surface area contributed by atoms with Gasteiger partial charge in [-0.3, -0.25) is 4.79 Å². The molecule has 35 heavy (non-hydrogen) atoms. The molecule has 0 saturated carbocycles. The van der Waals surface area contributed by atoms with Gasteiger partial charge in [0.05, 0.1) is 23.7 Å². The molecule has 0 unspecified atom stereocenters. The second-order valence-corrected chi connectivity index (χ2v) is 10.6. The van der Waals surface area contributed by atoms with E-state index in [4.69, 9.17) is 9.47 Å². The maximum absolute atomic E-state index is 13.1. The number of carbonyl (C=O) groups is 2. The Labute approximate surface area is 204 Å². The van der Waals surface area contributed by atoms with E-state index in [2.05, 4.69) is 6.07 Å². The fourth-order valence-corrected chi connectivity index (χ4v) is 6.18. The average Bonchev–Trinajstić information content (AvgIpc) is 3.25. The lowest BCUT2D eigenvalue weighted by Gasteiger charge is -2.26. The van der Waals surface area contributed by atoms with Crippen LogP contribution in [-0.2, 0) is 25.9 Å². The van der Waals surface area contributed by atoms with Gasteiger partial charge in [-0.2, -0.15) is 4.31 Å². The van der Waals surface area contributed by atoms with Crippen LogP contribution in [-0.4, -0.2) is 57.4 Å². The van der Waals surface area contributed by atoms with E-state index in [1.807, 2.05) is 30.3 Å². The molecule has 8 heteroatoms. The van der Waals surface area contributed by atoms with E-state index in [9.17, 15) is 18.0 Å². The zero-order chi connectivity index (χ0) is 24.6. The van der Waals surface area contributed by atoms with Crippen molar-refractivity contribution in [2.75, 3.05) is 32.9 Å². The Morgan fingerprint density at radius 3 is 2.43 bits per heavy atom. The molecule has 0 spiro atoms. The van der Waals surface area contributed by atoms with Gasteiger partial charge in [0.2, 0.25) is 10.0 Å². The lowest BCUT2D eigenvalue weighted by Crippen LogP contribution is -2.40. The van der Waals surface area contributed by atoms with Gasteiger partial charge < -0.3 is 9.47 Å². The number of benzene rings is 3. The summed E-state index contributed by atoms with van der Waals surface area (Å²) in [6.45, 7) is 2.43. The fraction of sp³-hybridized carbons (Fsp3) is 0.259. The molecule has 1 fully saturated rings. The van der Waals surface area contributed by atoms with Crippen molar-refractivity contribution < 1.29 is 27.5 Å². The number of Topliss-reactive ketones (excluding diaryl/α,β-unsaturated/α-hetero) is 1. The quantitative estimate of drug-likeness (QED) is 0.302. The van der Waals surface area contributed by atoms with E-state index < -0.39 is 22.6 Å². The van der Waals surface area contributed by atoms with Crippen molar-refractivity contribution in [2.45, 2.75) is 18.2 Å². The lowest BCUT2D eigenvalue weighted by molar-refractivity contribution is 0.0474. The summed E-state index contributed by atoms with van der Waals surface area (Å²) in [5, 5.41) is 0. The molecule has 1 saturated heterocycles. The van der Waals surface area contributed by atoms with E-state index in [1.165, 1.54) is 22.0 Å². The maximum Gasteiger partial charge on any atom is 0.338 e. The Morgan fingerprint density at radius 1 is 0.914 bits per heavy atom. The van der Waals surface area contributed by atoms with Crippen LogP contribution >= 0.6 is 0 Å². The molecule has 3 aromatic carbocycles. The molecule has 0 bridgehead atoms. The van der Waals surface area contributed by atoms with Crippen molar-refractivity contribution in [1.29, 1.82) is 0 Å². The Bertz CT molecular complexity index is 1420. The molecule has 2 aliphatic rings. The van der Waals surface area contributed by atoms with Gasteiger partial charge in [-0.15, -0.1) is 0 Å². The lowest BCUT2D eigenvalue weighted by atomic mass is 10.0. The first kappa shape index (κ1) is 23.4. The Kier molecular flexibility index (Phi) is 6.27. The van der Waals surface area contributed by atoms with Crippen molar-refractivity contribution in [3.8, 4) is 11.1 Å². The third-order valence-electron chi connectivity index (χ3n) is 6.47. The molecule has 0 aromatic heterocycles. The van der Waals surface area contributed by atoms with Crippen LogP contribution in [0.25, 0.3) is 11.1 Å². The minimum Gasteiger partial charge on any atom is -0.454 e. The van der Waals surface area contributed by atoms with Gasteiger partial charge in [-0.1, -0.05) is 42.5 Å². The van der Waals surface area contributed by atoms with Crippen LogP contribution < -0.4 is 0 Å². The zero-order valence-electron chi connectivity index (χ0n) is 19.3. The Balaban J connectivity index is 1.30. The minimum absolute atomic E-state index is 0.0532. The molecule has 1 heterocycles. The summed E-state index contributed by atoms with van der Waals surface area (Å²) >= 11 is 0. The van der Waals surface area contributed by atoms with Gasteiger partial charge in [0, 0.05) is 18.7 Å². The summed E-state index contributed by atoms with van der Waals surface area (Å²) in [6, 6.07) is 18.0. The smallest absolute Gasteiger partial charge is 0.338 e. The number of hydrogen-bond donors (Lipinski definition) is 0. The van der Waals surface area contributed by atoms with Crippen molar-refractivity contribution in [1.82, 2.24) is 4.31 Å². The predicted molar refractivity (Wildman–Crippen MR) is 130 cm³/mol. The summed E-state index contributed by atoms with van der Waals surface area (Å²) in [5.41, 5.74) is 5.60. The highest BCUT2D eigenvalue weighted by molar-refractivity contribution is 7.89. The SMILES string of the molecule is Cc1ccc(C(=O)OCC(=O)c2ccc3c(c2)-c2ccccc2C3)cc1S(=O)(=O)N1CCOCC1. The summed E-state index contributed by atoms with van der Waals surface area (Å²) in [6.07, 6.45) is 0.831. The predicted octanol–water partition coefficient (Wildman–Crippen LogP) is 3.63. The van der Waals surface area contributed by atoms with Crippen LogP contribution in [0.5, 0.6) is 0 Å². The number of carbonyl (C=O) groups excluding carboxylic acids is 2. The molecule has 1 aliphatic heterocycles. The number of esters is 1. The van der Waals surface area contributed by atoms with E-state index >= 15 is 0 Å². The van der Waals surface area contributed by atoms with Crippen LogP contribution in [0, 0.1) is 6.92 Å². The summed E-state index contributed by atoms with van der Waals surface area (Å²) in [4.78, 5) is 25.5. The monoisotopic (exact) mass is 491 g/mol. The highest BCUT2D eigenvalue weighted by Crippen LogP contribution is 2.36. The number of rotatable bonds is 6. The maximum atomic E-state index is 13.1. The number of aryl methyl sites for hydroxylation is 1. The van der Waals surface area contributed by atoms with Gasteiger partial charge in [0.25, 0.3) is 0 Å². The molecule has 5 rings (SSSR count). The van der Waals surface area contributed by atoms with Crippen LogP contribution in [0.15, 0.2) is 65.6 Å². The first-order valence-corrected chi connectivity index (χ1v) is 12.9. The highest BCUT2D eigenvalue weighted by Gasteiger charge is 2.29. The number of nitrogens with zero attached hydrogens (tertiary/aromatic N) is 1. The molecular formula is C27H25NO6S. The van der Waals surface area contributed by atoms with Gasteiger partial charge in [-0.25, -0.2) is 13.2 Å². The highest BCUT2D eigenvalue weighted by atomic mass is 32.2. The molecule has 0 amide bonds. The van der Waals surface area contributed by atoms with E-state index in [0.717, 1.165) is 23.1 Å². The fourth-order valence-electron chi connectivity index (χ4n) is 4.53. The van der Waals surface area contributed by atoms with Crippen molar-refractivity contribution >= 4 is 21.8 Å². The van der Waals surface area contributed by atoms with Crippen LogP contribution in [0.1, 0.15) is 37.4 Å².